The van der Waals surface area contributed by atoms with E-state index in [-0.39, 0.29) is 0 Å². The Morgan fingerprint density at radius 1 is 1.17 bits per heavy atom. The molecule has 12 heavy (non-hydrogen) atoms. The molecule has 1 aromatic rings. The fourth-order valence-electron chi connectivity index (χ4n) is 1.04. The van der Waals surface area contributed by atoms with Gasteiger partial charge < -0.3 is 0 Å². The highest BCUT2D eigenvalue weighted by Gasteiger charge is 1.97. The van der Waals surface area contributed by atoms with E-state index >= 15 is 0 Å². The van der Waals surface area contributed by atoms with E-state index in [1.807, 2.05) is 7.05 Å². The molecule has 0 unspecified atom stereocenters. The van der Waals surface area contributed by atoms with E-state index in [4.69, 9.17) is 0 Å². The van der Waals surface area contributed by atoms with E-state index in [1.54, 1.807) is 11.9 Å². The van der Waals surface area contributed by atoms with Gasteiger partial charge in [-0.2, -0.15) is 0 Å². The quantitative estimate of drug-likeness (QED) is 0.719. The van der Waals surface area contributed by atoms with E-state index in [0.29, 0.717) is 5.92 Å². The minimum atomic E-state index is 0.624. The van der Waals surface area contributed by atoms with Crippen LogP contribution in [0.15, 0.2) is 29.2 Å². The van der Waals surface area contributed by atoms with Gasteiger partial charge in [-0.1, -0.05) is 26.0 Å². The summed E-state index contributed by atoms with van der Waals surface area (Å²) in [7, 11) is 1.93. The van der Waals surface area contributed by atoms with Crippen LogP contribution in [0.25, 0.3) is 0 Å². The van der Waals surface area contributed by atoms with Crippen LogP contribution in [0.1, 0.15) is 25.3 Å². The van der Waals surface area contributed by atoms with Gasteiger partial charge in [0.05, 0.1) is 0 Å². The van der Waals surface area contributed by atoms with Gasteiger partial charge in [0, 0.05) is 4.90 Å². The van der Waals surface area contributed by atoms with Crippen molar-refractivity contribution >= 4 is 11.9 Å². The van der Waals surface area contributed by atoms with Crippen molar-refractivity contribution in [2.75, 3.05) is 7.05 Å². The third-order valence-electron chi connectivity index (χ3n) is 1.77. The molecule has 0 bridgehead atoms. The molecule has 2 heteroatoms. The van der Waals surface area contributed by atoms with Crippen LogP contribution in [-0.2, 0) is 0 Å². The molecule has 0 aliphatic carbocycles. The zero-order chi connectivity index (χ0) is 8.97. The lowest BCUT2D eigenvalue weighted by Gasteiger charge is -2.05. The van der Waals surface area contributed by atoms with E-state index in [1.165, 1.54) is 10.5 Å². The van der Waals surface area contributed by atoms with Crippen molar-refractivity contribution in [3.05, 3.63) is 29.8 Å². The summed E-state index contributed by atoms with van der Waals surface area (Å²) in [6.07, 6.45) is 0. The zero-order valence-electron chi connectivity index (χ0n) is 7.79. The molecule has 66 valence electrons. The van der Waals surface area contributed by atoms with E-state index < -0.39 is 0 Å². The Hall–Kier alpha value is -0.470. The SMILES string of the molecule is CNSc1ccc(C(C)C)cc1. The second-order valence-electron chi connectivity index (χ2n) is 3.03. The van der Waals surface area contributed by atoms with Crippen molar-refractivity contribution in [3.8, 4) is 0 Å². The number of benzene rings is 1. The number of nitrogens with one attached hydrogen (secondary N) is 1. The molecule has 1 N–H and O–H groups in total. The largest absolute Gasteiger partial charge is 0.263 e. The lowest BCUT2D eigenvalue weighted by atomic mass is 10.0. The van der Waals surface area contributed by atoms with E-state index in [0.717, 1.165) is 0 Å². The Bertz CT molecular complexity index is 228. The Balaban J connectivity index is 2.71. The van der Waals surface area contributed by atoms with Gasteiger partial charge in [0.25, 0.3) is 0 Å². The molecule has 0 saturated carbocycles. The monoisotopic (exact) mass is 181 g/mol. The molecular weight excluding hydrogens is 166 g/mol. The van der Waals surface area contributed by atoms with Gasteiger partial charge in [-0.15, -0.1) is 0 Å². The van der Waals surface area contributed by atoms with Crippen molar-refractivity contribution in [2.45, 2.75) is 24.7 Å². The summed E-state index contributed by atoms with van der Waals surface area (Å²) in [5, 5.41) is 0. The van der Waals surface area contributed by atoms with Crippen LogP contribution in [0.3, 0.4) is 0 Å². The average Bonchev–Trinajstić information content (AvgIpc) is 2.06. The van der Waals surface area contributed by atoms with Crippen molar-refractivity contribution in [1.82, 2.24) is 4.72 Å². The third-order valence-corrected chi connectivity index (χ3v) is 2.48. The summed E-state index contributed by atoms with van der Waals surface area (Å²) < 4.78 is 3.05. The Morgan fingerprint density at radius 2 is 1.75 bits per heavy atom. The first-order valence-corrected chi connectivity index (χ1v) is 4.99. The first-order chi connectivity index (χ1) is 5.74. The lowest BCUT2D eigenvalue weighted by molar-refractivity contribution is 0.865. The Kier molecular flexibility index (Phi) is 3.63. The molecular formula is C10H15NS. The van der Waals surface area contributed by atoms with Crippen molar-refractivity contribution in [2.24, 2.45) is 0 Å². The maximum Gasteiger partial charge on any atom is 0.0228 e. The van der Waals surface area contributed by atoms with E-state index in [9.17, 15) is 0 Å². The summed E-state index contributed by atoms with van der Waals surface area (Å²) in [6.45, 7) is 4.42. The summed E-state index contributed by atoms with van der Waals surface area (Å²) in [5.74, 6) is 0.624. The smallest absolute Gasteiger partial charge is 0.0228 e. The first-order valence-electron chi connectivity index (χ1n) is 4.17. The molecule has 0 aliphatic heterocycles. The molecule has 0 aromatic heterocycles. The minimum Gasteiger partial charge on any atom is -0.263 e. The molecule has 0 fully saturated rings. The van der Waals surface area contributed by atoms with Gasteiger partial charge >= 0.3 is 0 Å². The second-order valence-corrected chi connectivity index (χ2v) is 4.11. The summed E-state index contributed by atoms with van der Waals surface area (Å²) in [5.41, 5.74) is 1.40. The summed E-state index contributed by atoms with van der Waals surface area (Å²) in [4.78, 5) is 1.27. The predicted octanol–water partition coefficient (Wildman–Crippen LogP) is 3.04. The number of hydrogen-bond acceptors (Lipinski definition) is 2. The Morgan fingerprint density at radius 3 is 2.17 bits per heavy atom. The lowest BCUT2D eigenvalue weighted by Crippen LogP contribution is -1.91. The highest BCUT2D eigenvalue weighted by molar-refractivity contribution is 7.97. The third kappa shape index (κ3) is 2.54. The molecule has 0 saturated heterocycles. The van der Waals surface area contributed by atoms with Crippen LogP contribution in [0.5, 0.6) is 0 Å². The zero-order valence-corrected chi connectivity index (χ0v) is 8.61. The van der Waals surface area contributed by atoms with Gasteiger partial charge in [-0.25, -0.2) is 0 Å². The standard InChI is InChI=1S/C10H15NS/c1-8(2)9-4-6-10(7-5-9)12-11-3/h4-8,11H,1-3H3. The highest BCUT2D eigenvalue weighted by Crippen LogP contribution is 2.19. The van der Waals surface area contributed by atoms with Crippen molar-refractivity contribution < 1.29 is 0 Å². The molecule has 0 atom stereocenters. The molecule has 1 nitrogen and oxygen atoms in total. The van der Waals surface area contributed by atoms with Crippen LogP contribution in [0, 0.1) is 0 Å². The van der Waals surface area contributed by atoms with Gasteiger partial charge in [-0.05, 0) is 42.6 Å². The summed E-state index contributed by atoms with van der Waals surface area (Å²) in [6, 6.07) is 8.67. The maximum absolute atomic E-state index is 3.05. The molecule has 1 rings (SSSR count). The predicted molar refractivity (Wildman–Crippen MR) is 55.4 cm³/mol. The van der Waals surface area contributed by atoms with Crippen LogP contribution >= 0.6 is 11.9 Å². The highest BCUT2D eigenvalue weighted by atomic mass is 32.2. The van der Waals surface area contributed by atoms with Gasteiger partial charge in [0.2, 0.25) is 0 Å². The van der Waals surface area contributed by atoms with Crippen molar-refractivity contribution in [3.63, 3.8) is 0 Å². The molecule has 0 aliphatic rings. The maximum atomic E-state index is 3.05. The van der Waals surface area contributed by atoms with Gasteiger partial charge in [0.1, 0.15) is 0 Å². The van der Waals surface area contributed by atoms with Crippen molar-refractivity contribution in [1.29, 1.82) is 0 Å². The Labute approximate surface area is 78.7 Å². The van der Waals surface area contributed by atoms with Crippen LogP contribution < -0.4 is 4.72 Å². The number of hydrogen-bond donors (Lipinski definition) is 1. The summed E-state index contributed by atoms with van der Waals surface area (Å²) >= 11 is 1.65. The minimum absolute atomic E-state index is 0.624. The van der Waals surface area contributed by atoms with Crippen LogP contribution in [0.2, 0.25) is 0 Å². The second kappa shape index (κ2) is 4.53. The molecule has 0 heterocycles. The van der Waals surface area contributed by atoms with Gasteiger partial charge in [0.15, 0.2) is 0 Å². The fourth-order valence-corrected chi connectivity index (χ4v) is 1.55. The van der Waals surface area contributed by atoms with Gasteiger partial charge in [-0.3, -0.25) is 4.72 Å². The van der Waals surface area contributed by atoms with E-state index in [2.05, 4.69) is 42.8 Å². The molecule has 0 amide bonds. The number of rotatable bonds is 3. The van der Waals surface area contributed by atoms with Crippen LogP contribution in [0.4, 0.5) is 0 Å². The fraction of sp³-hybridized carbons (Fsp3) is 0.400. The molecule has 1 aromatic carbocycles. The van der Waals surface area contributed by atoms with Crippen LogP contribution in [-0.4, -0.2) is 7.05 Å². The molecule has 0 spiro atoms. The first kappa shape index (κ1) is 9.62. The molecule has 0 radical (unpaired) electrons. The average molecular weight is 181 g/mol. The topological polar surface area (TPSA) is 12.0 Å². The normalized spacial score (nSPS) is 10.7.